The molecule has 3 rings (SSSR count). The van der Waals surface area contributed by atoms with E-state index in [1.807, 2.05) is 40.1 Å². The van der Waals surface area contributed by atoms with Gasteiger partial charge in [-0.2, -0.15) is 0 Å². The lowest BCUT2D eigenvalue weighted by molar-refractivity contribution is -0.135. The number of nitrogens with two attached hydrogens (primary N) is 1. The van der Waals surface area contributed by atoms with Crippen molar-refractivity contribution in [3.8, 4) is 0 Å². The number of rotatable bonds is 4. The zero-order valence-electron chi connectivity index (χ0n) is 13.5. The minimum absolute atomic E-state index is 0.0278. The molecule has 2 aliphatic heterocycles. The van der Waals surface area contributed by atoms with E-state index in [0.717, 1.165) is 31.4 Å². The van der Waals surface area contributed by atoms with Gasteiger partial charge in [0.15, 0.2) is 0 Å². The lowest BCUT2D eigenvalue weighted by Gasteiger charge is -2.37. The third-order valence-electron chi connectivity index (χ3n) is 4.94. The first kappa shape index (κ1) is 16.0. The standard InChI is InChI=1S/C18H25N3O2/c19-16(13-14-5-2-1-3-6-14)18(23)20-11-8-15(9-12-20)21-10-4-7-17(21)22/h1-3,5-6,15-16H,4,7-13,19H2/t16-/m0/s1. The van der Waals surface area contributed by atoms with Crippen LogP contribution in [0.1, 0.15) is 31.2 Å². The first-order valence-electron chi connectivity index (χ1n) is 8.53. The summed E-state index contributed by atoms with van der Waals surface area (Å²) in [4.78, 5) is 28.2. The molecule has 0 unspecified atom stereocenters. The summed E-state index contributed by atoms with van der Waals surface area (Å²) < 4.78 is 0. The second-order valence-corrected chi connectivity index (χ2v) is 6.54. The van der Waals surface area contributed by atoms with Crippen molar-refractivity contribution in [2.45, 2.75) is 44.2 Å². The van der Waals surface area contributed by atoms with Gasteiger partial charge in [-0.05, 0) is 31.2 Å². The van der Waals surface area contributed by atoms with E-state index in [4.69, 9.17) is 5.73 Å². The number of nitrogens with zero attached hydrogens (tertiary/aromatic N) is 2. The first-order chi connectivity index (χ1) is 11.1. The van der Waals surface area contributed by atoms with Crippen molar-refractivity contribution in [3.05, 3.63) is 35.9 Å². The second kappa shape index (κ2) is 7.13. The summed E-state index contributed by atoms with van der Waals surface area (Å²) in [6, 6.07) is 9.70. The van der Waals surface area contributed by atoms with Gasteiger partial charge in [0.1, 0.15) is 0 Å². The number of hydrogen-bond acceptors (Lipinski definition) is 3. The predicted molar refractivity (Wildman–Crippen MR) is 88.7 cm³/mol. The molecule has 0 spiro atoms. The number of benzene rings is 1. The minimum Gasteiger partial charge on any atom is -0.341 e. The van der Waals surface area contributed by atoms with E-state index in [0.29, 0.717) is 32.0 Å². The van der Waals surface area contributed by atoms with Crippen LogP contribution in [-0.2, 0) is 16.0 Å². The molecule has 2 N–H and O–H groups in total. The number of carbonyl (C=O) groups excluding carboxylic acids is 2. The summed E-state index contributed by atoms with van der Waals surface area (Å²) in [5, 5.41) is 0. The molecule has 0 radical (unpaired) electrons. The van der Waals surface area contributed by atoms with Crippen LogP contribution in [0, 0.1) is 0 Å². The molecule has 1 aromatic carbocycles. The molecule has 5 heteroatoms. The van der Waals surface area contributed by atoms with Gasteiger partial charge in [-0.3, -0.25) is 9.59 Å². The van der Waals surface area contributed by atoms with E-state index in [1.54, 1.807) is 0 Å². The molecule has 2 amide bonds. The molecule has 23 heavy (non-hydrogen) atoms. The Labute approximate surface area is 137 Å². The van der Waals surface area contributed by atoms with Gasteiger partial charge in [-0.15, -0.1) is 0 Å². The van der Waals surface area contributed by atoms with Crippen molar-refractivity contribution < 1.29 is 9.59 Å². The highest BCUT2D eigenvalue weighted by atomic mass is 16.2. The van der Waals surface area contributed by atoms with Crippen LogP contribution in [0.3, 0.4) is 0 Å². The quantitative estimate of drug-likeness (QED) is 0.907. The second-order valence-electron chi connectivity index (χ2n) is 6.54. The molecule has 5 nitrogen and oxygen atoms in total. The van der Waals surface area contributed by atoms with E-state index >= 15 is 0 Å². The van der Waals surface area contributed by atoms with Gasteiger partial charge < -0.3 is 15.5 Å². The molecule has 0 bridgehead atoms. The van der Waals surface area contributed by atoms with Crippen LogP contribution in [0.25, 0.3) is 0 Å². The SMILES string of the molecule is N[C@@H](Cc1ccccc1)C(=O)N1CCC(N2CCCC2=O)CC1. The van der Waals surface area contributed by atoms with Crippen molar-refractivity contribution >= 4 is 11.8 Å². The summed E-state index contributed by atoms with van der Waals surface area (Å²) in [7, 11) is 0. The molecule has 2 saturated heterocycles. The van der Waals surface area contributed by atoms with Crippen LogP contribution >= 0.6 is 0 Å². The van der Waals surface area contributed by atoms with Gasteiger partial charge in [-0.25, -0.2) is 0 Å². The van der Waals surface area contributed by atoms with Gasteiger partial charge in [0.25, 0.3) is 0 Å². The molecule has 2 heterocycles. The van der Waals surface area contributed by atoms with Crippen LogP contribution in [0.4, 0.5) is 0 Å². The third-order valence-corrected chi connectivity index (χ3v) is 4.94. The van der Waals surface area contributed by atoms with E-state index in [1.165, 1.54) is 0 Å². The Kier molecular flexibility index (Phi) is 4.96. The molecule has 0 saturated carbocycles. The molecule has 0 aromatic heterocycles. The normalized spacial score (nSPS) is 20.8. The Morgan fingerprint density at radius 1 is 1.17 bits per heavy atom. The third kappa shape index (κ3) is 3.72. The molecule has 1 aromatic rings. The van der Waals surface area contributed by atoms with Crippen LogP contribution in [0.15, 0.2) is 30.3 Å². The molecular formula is C18H25N3O2. The molecule has 1 atom stereocenters. The molecule has 0 aliphatic carbocycles. The monoisotopic (exact) mass is 315 g/mol. The lowest BCUT2D eigenvalue weighted by Crippen LogP contribution is -2.51. The number of piperidine rings is 1. The summed E-state index contributed by atoms with van der Waals surface area (Å²) in [6.07, 6.45) is 3.97. The van der Waals surface area contributed by atoms with Crippen molar-refractivity contribution in [2.24, 2.45) is 5.73 Å². The van der Waals surface area contributed by atoms with Crippen LogP contribution < -0.4 is 5.73 Å². The zero-order chi connectivity index (χ0) is 16.2. The highest BCUT2D eigenvalue weighted by molar-refractivity contribution is 5.82. The number of amides is 2. The Morgan fingerprint density at radius 3 is 2.48 bits per heavy atom. The van der Waals surface area contributed by atoms with E-state index < -0.39 is 6.04 Å². The van der Waals surface area contributed by atoms with Gasteiger partial charge in [0.2, 0.25) is 11.8 Å². The fraction of sp³-hybridized carbons (Fsp3) is 0.556. The lowest BCUT2D eigenvalue weighted by atomic mass is 10.0. The molecule has 2 fully saturated rings. The van der Waals surface area contributed by atoms with E-state index in [2.05, 4.69) is 0 Å². The van der Waals surface area contributed by atoms with Crippen LogP contribution in [0.2, 0.25) is 0 Å². The maximum atomic E-state index is 12.5. The van der Waals surface area contributed by atoms with Crippen LogP contribution in [0.5, 0.6) is 0 Å². The number of carbonyl (C=O) groups is 2. The maximum Gasteiger partial charge on any atom is 0.239 e. The average Bonchev–Trinajstić information content (AvgIpc) is 3.01. The minimum atomic E-state index is -0.484. The Balaban J connectivity index is 1.50. The fourth-order valence-electron chi connectivity index (χ4n) is 3.64. The molecule has 124 valence electrons. The van der Waals surface area contributed by atoms with Crippen molar-refractivity contribution in [1.29, 1.82) is 0 Å². The van der Waals surface area contributed by atoms with Gasteiger partial charge in [0.05, 0.1) is 6.04 Å². The van der Waals surface area contributed by atoms with Crippen molar-refractivity contribution in [3.63, 3.8) is 0 Å². The Bertz CT molecular complexity index is 553. The van der Waals surface area contributed by atoms with Crippen LogP contribution in [-0.4, -0.2) is 53.3 Å². The van der Waals surface area contributed by atoms with Crippen molar-refractivity contribution in [1.82, 2.24) is 9.80 Å². The average molecular weight is 315 g/mol. The maximum absolute atomic E-state index is 12.5. The van der Waals surface area contributed by atoms with Gasteiger partial charge >= 0.3 is 0 Å². The zero-order valence-corrected chi connectivity index (χ0v) is 13.5. The predicted octanol–water partition coefficient (Wildman–Crippen LogP) is 1.17. The Hall–Kier alpha value is -1.88. The number of hydrogen-bond donors (Lipinski definition) is 1. The fourth-order valence-corrected chi connectivity index (χ4v) is 3.64. The van der Waals surface area contributed by atoms with Gasteiger partial charge in [0, 0.05) is 32.1 Å². The van der Waals surface area contributed by atoms with E-state index in [9.17, 15) is 9.59 Å². The largest absolute Gasteiger partial charge is 0.341 e. The van der Waals surface area contributed by atoms with E-state index in [-0.39, 0.29) is 11.8 Å². The highest BCUT2D eigenvalue weighted by Crippen LogP contribution is 2.22. The highest BCUT2D eigenvalue weighted by Gasteiger charge is 2.32. The van der Waals surface area contributed by atoms with Crippen molar-refractivity contribution in [2.75, 3.05) is 19.6 Å². The molecular weight excluding hydrogens is 290 g/mol. The summed E-state index contributed by atoms with van der Waals surface area (Å²) in [6.45, 7) is 2.29. The Morgan fingerprint density at radius 2 is 1.87 bits per heavy atom. The summed E-state index contributed by atoms with van der Waals surface area (Å²) in [5.74, 6) is 0.301. The van der Waals surface area contributed by atoms with Gasteiger partial charge in [-0.1, -0.05) is 30.3 Å². The molecule has 2 aliphatic rings. The smallest absolute Gasteiger partial charge is 0.239 e. The summed E-state index contributed by atoms with van der Waals surface area (Å²) in [5.41, 5.74) is 7.19. The first-order valence-corrected chi connectivity index (χ1v) is 8.53. The topological polar surface area (TPSA) is 66.6 Å². The summed E-state index contributed by atoms with van der Waals surface area (Å²) >= 11 is 0. The number of likely N-dealkylation sites (tertiary alicyclic amines) is 2.